The number of alkyl halides is 1. The van der Waals surface area contributed by atoms with E-state index in [4.69, 9.17) is 5.26 Å². The van der Waals surface area contributed by atoms with Crippen molar-refractivity contribution in [1.82, 2.24) is 35.3 Å². The van der Waals surface area contributed by atoms with E-state index in [1.807, 2.05) is 24.9 Å². The number of nitrogens with zero attached hydrogens (tertiary/aromatic N) is 8. The number of piperidine rings is 2. The summed E-state index contributed by atoms with van der Waals surface area (Å²) in [5.74, 6) is 0.705. The van der Waals surface area contributed by atoms with Crippen LogP contribution in [-0.2, 0) is 0 Å². The number of aromatic hydroxyl groups is 1. The molecular formula is C22H24FN9O. The van der Waals surface area contributed by atoms with Gasteiger partial charge in [-0.2, -0.15) is 5.26 Å². The van der Waals surface area contributed by atoms with Crippen LogP contribution in [0.3, 0.4) is 0 Å². The lowest BCUT2D eigenvalue weighted by Gasteiger charge is -2.52. The topological polar surface area (TPSA) is 129 Å². The Labute approximate surface area is 190 Å². The third-order valence-corrected chi connectivity index (χ3v) is 6.74. The lowest BCUT2D eigenvalue weighted by Crippen LogP contribution is -2.68. The molecule has 4 heterocycles. The molecule has 2 aliphatic rings. The Balaban J connectivity index is 1.36. The fraction of sp³-hybridized carbons (Fsp3) is 0.455. The number of hydrogen-bond acceptors (Lipinski definition) is 9. The smallest absolute Gasteiger partial charge is 0.252 e. The normalized spacial score (nSPS) is 26.5. The summed E-state index contributed by atoms with van der Waals surface area (Å²) in [6, 6.07) is 6.68. The number of nitriles is 1. The third kappa shape index (κ3) is 3.76. The number of nitrogens with one attached hydrogen (secondary N) is 1. The van der Waals surface area contributed by atoms with Gasteiger partial charge in [-0.25, -0.2) is 19.0 Å². The molecule has 0 saturated carbocycles. The highest BCUT2D eigenvalue weighted by molar-refractivity contribution is 5.66. The van der Waals surface area contributed by atoms with E-state index in [2.05, 4.69) is 30.6 Å². The fourth-order valence-corrected chi connectivity index (χ4v) is 4.92. The first-order valence-corrected chi connectivity index (χ1v) is 10.9. The highest BCUT2D eigenvalue weighted by Gasteiger charge is 2.49. The average molecular weight is 449 g/mol. The Morgan fingerprint density at radius 2 is 2.18 bits per heavy atom. The standard InChI is InChI=1S/C22H24FN9O/c1-22-7-3-4-13(27-22)8-16(20(22)23)31(2)19-11-25-21(29-28-19)15-6-5-14(9-17(15)33)32-12-26-18(10-24)30-32/h5-6,9,11-13,16,20,27,33H,3-4,7-8H2,1-2H3/t13-,16+,20+,22-/m0/s1. The monoisotopic (exact) mass is 449 g/mol. The Morgan fingerprint density at radius 3 is 2.88 bits per heavy atom. The lowest BCUT2D eigenvalue weighted by atomic mass is 9.73. The summed E-state index contributed by atoms with van der Waals surface area (Å²) in [6.07, 6.45) is 5.53. The molecule has 10 nitrogen and oxygen atoms in total. The maximum absolute atomic E-state index is 15.4. The van der Waals surface area contributed by atoms with Crippen LogP contribution >= 0.6 is 0 Å². The molecule has 3 aromatic rings. The molecule has 33 heavy (non-hydrogen) atoms. The second kappa shape index (κ2) is 8.04. The summed E-state index contributed by atoms with van der Waals surface area (Å²) < 4.78 is 16.8. The second-order valence-electron chi connectivity index (χ2n) is 8.93. The molecule has 2 N–H and O–H groups in total. The average Bonchev–Trinajstić information content (AvgIpc) is 3.31. The predicted octanol–water partition coefficient (Wildman–Crippen LogP) is 2.14. The van der Waals surface area contributed by atoms with Crippen LogP contribution in [0.1, 0.15) is 38.4 Å². The molecule has 2 fully saturated rings. The molecule has 0 spiro atoms. The van der Waals surface area contributed by atoms with Crippen LogP contribution in [0, 0.1) is 11.3 Å². The lowest BCUT2D eigenvalue weighted by molar-refractivity contribution is 0.0405. The number of phenolic OH excluding ortho intramolecular Hbond substituents is 1. The van der Waals surface area contributed by atoms with Crippen molar-refractivity contribution < 1.29 is 9.50 Å². The molecule has 1 aromatic carbocycles. The van der Waals surface area contributed by atoms with Crippen molar-refractivity contribution in [2.75, 3.05) is 11.9 Å². The first-order chi connectivity index (χ1) is 15.9. The van der Waals surface area contributed by atoms with Crippen LogP contribution in [0.25, 0.3) is 17.1 Å². The zero-order chi connectivity index (χ0) is 23.2. The van der Waals surface area contributed by atoms with E-state index in [1.165, 1.54) is 17.1 Å². The van der Waals surface area contributed by atoms with Gasteiger partial charge in [-0.3, -0.25) is 0 Å². The number of aromatic nitrogens is 6. The van der Waals surface area contributed by atoms with Crippen LogP contribution in [0.4, 0.5) is 10.2 Å². The summed E-state index contributed by atoms with van der Waals surface area (Å²) in [5, 5.41) is 35.3. The number of anilines is 1. The molecule has 5 rings (SSSR count). The minimum absolute atomic E-state index is 0.0349. The van der Waals surface area contributed by atoms with E-state index in [1.54, 1.807) is 18.3 Å². The van der Waals surface area contributed by atoms with Crippen molar-refractivity contribution in [1.29, 1.82) is 5.26 Å². The van der Waals surface area contributed by atoms with Crippen molar-refractivity contribution in [3.63, 3.8) is 0 Å². The SMILES string of the molecule is CN(c1cnc(-c2ccc(-n3cnc(C#N)n3)cc2O)nn1)[C@@H]1C[C@@H]2CCC[C@](C)(N2)[C@@H]1F. The summed E-state index contributed by atoms with van der Waals surface area (Å²) in [7, 11) is 1.83. The number of hydrogen-bond donors (Lipinski definition) is 2. The number of benzene rings is 1. The molecule has 0 aliphatic carbocycles. The van der Waals surface area contributed by atoms with Crippen LogP contribution in [0.15, 0.2) is 30.7 Å². The molecule has 0 amide bonds. The zero-order valence-corrected chi connectivity index (χ0v) is 18.4. The zero-order valence-electron chi connectivity index (χ0n) is 18.4. The summed E-state index contributed by atoms with van der Waals surface area (Å²) in [4.78, 5) is 10.0. The first-order valence-electron chi connectivity index (χ1n) is 10.9. The van der Waals surface area contributed by atoms with Gasteiger partial charge in [-0.1, -0.05) is 0 Å². The second-order valence-corrected chi connectivity index (χ2v) is 8.93. The van der Waals surface area contributed by atoms with E-state index < -0.39 is 11.7 Å². The van der Waals surface area contributed by atoms with Gasteiger partial charge < -0.3 is 15.3 Å². The summed E-state index contributed by atoms with van der Waals surface area (Å²) in [5.41, 5.74) is 0.411. The van der Waals surface area contributed by atoms with Gasteiger partial charge in [0.15, 0.2) is 11.6 Å². The summed E-state index contributed by atoms with van der Waals surface area (Å²) >= 11 is 0. The Morgan fingerprint density at radius 1 is 1.33 bits per heavy atom. The molecule has 170 valence electrons. The highest BCUT2D eigenvalue weighted by Crippen LogP contribution is 2.38. The van der Waals surface area contributed by atoms with Gasteiger partial charge in [0.25, 0.3) is 5.82 Å². The third-order valence-electron chi connectivity index (χ3n) is 6.74. The van der Waals surface area contributed by atoms with Crippen molar-refractivity contribution >= 4 is 5.82 Å². The van der Waals surface area contributed by atoms with E-state index in [0.717, 1.165) is 19.3 Å². The van der Waals surface area contributed by atoms with Crippen molar-refractivity contribution in [2.24, 2.45) is 0 Å². The largest absolute Gasteiger partial charge is 0.507 e. The van der Waals surface area contributed by atoms with Crippen LogP contribution in [0.2, 0.25) is 0 Å². The van der Waals surface area contributed by atoms with Gasteiger partial charge in [0.1, 0.15) is 24.3 Å². The van der Waals surface area contributed by atoms with Crippen LogP contribution in [0.5, 0.6) is 5.75 Å². The minimum atomic E-state index is -1.03. The highest BCUT2D eigenvalue weighted by atomic mass is 19.1. The fourth-order valence-electron chi connectivity index (χ4n) is 4.92. The van der Waals surface area contributed by atoms with E-state index in [9.17, 15) is 5.11 Å². The molecule has 2 aliphatic heterocycles. The maximum Gasteiger partial charge on any atom is 0.252 e. The van der Waals surface area contributed by atoms with Crippen LogP contribution < -0.4 is 10.2 Å². The Bertz CT molecular complexity index is 1210. The number of halogens is 1. The van der Waals surface area contributed by atoms with E-state index >= 15 is 4.39 Å². The van der Waals surface area contributed by atoms with Gasteiger partial charge in [0, 0.05) is 24.7 Å². The Kier molecular flexibility index (Phi) is 5.17. The molecular weight excluding hydrogens is 425 g/mol. The maximum atomic E-state index is 15.4. The molecule has 2 bridgehead atoms. The van der Waals surface area contributed by atoms with Crippen molar-refractivity contribution in [3.05, 3.63) is 36.5 Å². The molecule has 2 saturated heterocycles. The minimum Gasteiger partial charge on any atom is -0.507 e. The number of phenols is 1. The molecule has 0 radical (unpaired) electrons. The molecule has 0 unspecified atom stereocenters. The Hall–Kier alpha value is -3.65. The van der Waals surface area contributed by atoms with Gasteiger partial charge in [-0.05, 0) is 44.7 Å². The molecule has 2 aromatic heterocycles. The van der Waals surface area contributed by atoms with E-state index in [-0.39, 0.29) is 23.4 Å². The first kappa shape index (κ1) is 21.2. The van der Waals surface area contributed by atoms with Gasteiger partial charge in [0.05, 0.1) is 23.5 Å². The van der Waals surface area contributed by atoms with Gasteiger partial charge >= 0.3 is 0 Å². The number of fused-ring (bicyclic) bond motifs is 2. The molecule has 4 atom stereocenters. The van der Waals surface area contributed by atoms with E-state index in [0.29, 0.717) is 29.5 Å². The van der Waals surface area contributed by atoms with Crippen molar-refractivity contribution in [2.45, 2.75) is 56.4 Å². The predicted molar refractivity (Wildman–Crippen MR) is 117 cm³/mol. The van der Waals surface area contributed by atoms with Crippen molar-refractivity contribution in [3.8, 4) is 28.9 Å². The quantitative estimate of drug-likeness (QED) is 0.615. The number of rotatable bonds is 4. The van der Waals surface area contributed by atoms with Gasteiger partial charge in [0.2, 0.25) is 0 Å². The molecule has 11 heteroatoms. The van der Waals surface area contributed by atoms with Crippen LogP contribution in [-0.4, -0.2) is 65.9 Å². The van der Waals surface area contributed by atoms with Gasteiger partial charge in [-0.15, -0.1) is 15.3 Å². The summed E-state index contributed by atoms with van der Waals surface area (Å²) in [6.45, 7) is 1.96.